The van der Waals surface area contributed by atoms with Crippen molar-refractivity contribution < 1.29 is 9.72 Å². The number of hydrogen-bond acceptors (Lipinski definition) is 6. The van der Waals surface area contributed by atoms with Crippen molar-refractivity contribution in [3.05, 3.63) is 72.4 Å². The molecule has 0 aliphatic carbocycles. The summed E-state index contributed by atoms with van der Waals surface area (Å²) >= 11 is 5.58. The molecule has 5 nitrogen and oxygen atoms in total. The summed E-state index contributed by atoms with van der Waals surface area (Å²) in [7, 11) is 3.12. The maximum Gasteiger partial charge on any atom is 0.270 e. The Bertz CT molecular complexity index is 1190. The largest absolute Gasteiger partial charge is 0.297 e. The number of anilines is 1. The van der Waals surface area contributed by atoms with Crippen molar-refractivity contribution in [1.29, 1.82) is 0 Å². The molecule has 0 radical (unpaired) electrons. The van der Waals surface area contributed by atoms with Gasteiger partial charge in [0.1, 0.15) is 3.82 Å². The lowest BCUT2D eigenvalue weighted by Crippen LogP contribution is -2.47. The lowest BCUT2D eigenvalue weighted by atomic mass is 9.86. The number of carbonyl (C=O) groups excluding carboxylic acids is 1. The molecule has 1 aliphatic heterocycles. The zero-order valence-electron chi connectivity index (χ0n) is 15.4. The van der Waals surface area contributed by atoms with Crippen LogP contribution in [-0.4, -0.2) is 10.8 Å². The highest BCUT2D eigenvalue weighted by atomic mass is 32.9. The summed E-state index contributed by atoms with van der Waals surface area (Å²) in [6, 6.07) is 11.9. The molecule has 0 saturated heterocycles. The molecule has 3 aromatic rings. The number of benzene rings is 2. The van der Waals surface area contributed by atoms with Crippen molar-refractivity contribution in [2.75, 3.05) is 4.90 Å². The van der Waals surface area contributed by atoms with Crippen LogP contribution >= 0.6 is 32.9 Å². The van der Waals surface area contributed by atoms with Gasteiger partial charge in [0, 0.05) is 28.8 Å². The number of carbonyl (C=O) groups is 1. The second kappa shape index (κ2) is 6.58. The van der Waals surface area contributed by atoms with Crippen LogP contribution in [0.15, 0.2) is 42.5 Å². The van der Waals surface area contributed by atoms with Gasteiger partial charge in [-0.1, -0.05) is 51.1 Å². The Balaban J connectivity index is 1.95. The molecule has 1 amide bonds. The van der Waals surface area contributed by atoms with Gasteiger partial charge in [-0.05, 0) is 38.5 Å². The van der Waals surface area contributed by atoms with Crippen molar-refractivity contribution >= 4 is 50.2 Å². The molecule has 8 heteroatoms. The van der Waals surface area contributed by atoms with Crippen LogP contribution in [0.2, 0.25) is 0 Å². The van der Waals surface area contributed by atoms with E-state index in [2.05, 4.69) is 0 Å². The first-order valence-electron chi connectivity index (χ1n) is 8.55. The van der Waals surface area contributed by atoms with Gasteiger partial charge in [-0.3, -0.25) is 19.8 Å². The van der Waals surface area contributed by atoms with E-state index in [4.69, 9.17) is 12.2 Å². The average molecular weight is 429 g/mol. The molecule has 142 valence electrons. The zero-order valence-corrected chi connectivity index (χ0v) is 17.8. The number of rotatable bonds is 2. The van der Waals surface area contributed by atoms with E-state index in [0.29, 0.717) is 0 Å². The van der Waals surface area contributed by atoms with E-state index in [0.717, 1.165) is 31.1 Å². The highest BCUT2D eigenvalue weighted by Gasteiger charge is 2.43. The number of amides is 1. The maximum absolute atomic E-state index is 13.6. The Morgan fingerprint density at radius 3 is 2.64 bits per heavy atom. The van der Waals surface area contributed by atoms with Gasteiger partial charge in [0.05, 0.1) is 21.0 Å². The molecule has 0 fully saturated rings. The van der Waals surface area contributed by atoms with Crippen LogP contribution in [0, 0.1) is 20.9 Å². The normalized spacial score (nSPS) is 14.3. The van der Waals surface area contributed by atoms with E-state index in [1.165, 1.54) is 22.5 Å². The Morgan fingerprint density at radius 2 is 1.93 bits per heavy atom. The summed E-state index contributed by atoms with van der Waals surface area (Å²) in [5.74, 6) is -0.268. The molecule has 28 heavy (non-hydrogen) atoms. The second-order valence-corrected chi connectivity index (χ2v) is 10.0. The Morgan fingerprint density at radius 1 is 1.18 bits per heavy atom. The standard InChI is InChI=1S/C20H16N2O3S3/c1-11-7-8-14-15(9-11)21(20(2,3)17-16(14)19(26)28-27-17)18(23)12-5-4-6-13(10-12)22(24)25/h4-10H,1-3H3. The predicted molar refractivity (Wildman–Crippen MR) is 116 cm³/mol. The molecule has 0 saturated carbocycles. The van der Waals surface area contributed by atoms with E-state index < -0.39 is 10.5 Å². The van der Waals surface area contributed by atoms with Gasteiger partial charge in [0.15, 0.2) is 0 Å². The summed E-state index contributed by atoms with van der Waals surface area (Å²) in [4.78, 5) is 27.0. The quantitative estimate of drug-likeness (QED) is 0.207. The zero-order chi connectivity index (χ0) is 20.2. The third-order valence-electron chi connectivity index (χ3n) is 4.92. The van der Waals surface area contributed by atoms with Crippen LogP contribution in [0.4, 0.5) is 11.4 Å². The van der Waals surface area contributed by atoms with Crippen molar-refractivity contribution in [3.63, 3.8) is 0 Å². The third kappa shape index (κ3) is 2.80. The lowest BCUT2D eigenvalue weighted by molar-refractivity contribution is -0.384. The van der Waals surface area contributed by atoms with Crippen molar-refractivity contribution in [1.82, 2.24) is 0 Å². The molecular formula is C20H16N2O3S3. The van der Waals surface area contributed by atoms with Gasteiger partial charge in [-0.25, -0.2) is 0 Å². The molecule has 0 bridgehead atoms. The first kappa shape index (κ1) is 18.9. The molecule has 1 aromatic heterocycles. The minimum absolute atomic E-state index is 0.1000. The van der Waals surface area contributed by atoms with Crippen LogP contribution in [0.1, 0.15) is 34.6 Å². The number of nitrogens with zero attached hydrogens (tertiary/aromatic N) is 2. The molecule has 0 N–H and O–H groups in total. The summed E-state index contributed by atoms with van der Waals surface area (Å²) in [5.41, 5.74) is 3.32. The highest BCUT2D eigenvalue weighted by molar-refractivity contribution is 7.80. The molecule has 0 spiro atoms. The van der Waals surface area contributed by atoms with Gasteiger partial charge in [0.25, 0.3) is 11.6 Å². The fourth-order valence-electron chi connectivity index (χ4n) is 3.58. The SMILES string of the molecule is Cc1ccc2c(c1)N(C(=O)c1cccc([N+](=O)[O-])c1)C(C)(C)c1ssc(=S)c1-2. The van der Waals surface area contributed by atoms with Crippen LogP contribution in [0.5, 0.6) is 0 Å². The smallest absolute Gasteiger partial charge is 0.270 e. The Labute approximate surface area is 174 Å². The maximum atomic E-state index is 13.6. The van der Waals surface area contributed by atoms with Crippen LogP contribution in [-0.2, 0) is 5.54 Å². The topological polar surface area (TPSA) is 63.5 Å². The van der Waals surface area contributed by atoms with Gasteiger partial charge in [0.2, 0.25) is 0 Å². The lowest BCUT2D eigenvalue weighted by Gasteiger charge is -2.43. The number of nitro benzene ring substituents is 1. The fourth-order valence-corrected chi connectivity index (χ4v) is 6.86. The minimum Gasteiger partial charge on any atom is -0.297 e. The molecule has 2 heterocycles. The molecule has 2 aromatic carbocycles. The van der Waals surface area contributed by atoms with Crippen LogP contribution < -0.4 is 4.90 Å². The molecule has 0 atom stereocenters. The first-order valence-corrected chi connectivity index (χ1v) is 11.1. The third-order valence-corrected chi connectivity index (χ3v) is 8.25. The van der Waals surface area contributed by atoms with E-state index in [1.807, 2.05) is 39.0 Å². The van der Waals surface area contributed by atoms with Crippen molar-refractivity contribution in [3.8, 4) is 11.1 Å². The van der Waals surface area contributed by atoms with E-state index in [9.17, 15) is 14.9 Å². The van der Waals surface area contributed by atoms with E-state index >= 15 is 0 Å². The summed E-state index contributed by atoms with van der Waals surface area (Å²) in [6.45, 7) is 5.96. The molecule has 1 aliphatic rings. The summed E-state index contributed by atoms with van der Waals surface area (Å²) in [5, 5.41) is 11.2. The number of nitro groups is 1. The van der Waals surface area contributed by atoms with Gasteiger partial charge >= 0.3 is 0 Å². The van der Waals surface area contributed by atoms with Gasteiger partial charge < -0.3 is 0 Å². The molecular weight excluding hydrogens is 412 g/mol. The first-order chi connectivity index (χ1) is 13.2. The Hall–Kier alpha value is -2.42. The number of non-ortho nitro benzene ring substituents is 1. The summed E-state index contributed by atoms with van der Waals surface area (Å²) < 4.78 is 0.820. The molecule has 4 rings (SSSR count). The van der Waals surface area contributed by atoms with E-state index in [-0.39, 0.29) is 17.2 Å². The van der Waals surface area contributed by atoms with Crippen LogP contribution in [0.25, 0.3) is 11.1 Å². The van der Waals surface area contributed by atoms with E-state index in [1.54, 1.807) is 27.4 Å². The fraction of sp³-hybridized carbons (Fsp3) is 0.200. The number of aryl methyl sites for hydroxylation is 1. The average Bonchev–Trinajstić information content (AvgIpc) is 3.04. The summed E-state index contributed by atoms with van der Waals surface area (Å²) in [6.07, 6.45) is 0. The van der Waals surface area contributed by atoms with Crippen molar-refractivity contribution in [2.45, 2.75) is 26.3 Å². The molecule has 0 unspecified atom stereocenters. The monoisotopic (exact) mass is 428 g/mol. The number of fused-ring (bicyclic) bond motifs is 3. The van der Waals surface area contributed by atoms with Crippen LogP contribution in [0.3, 0.4) is 0 Å². The number of hydrogen-bond donors (Lipinski definition) is 0. The van der Waals surface area contributed by atoms with Crippen molar-refractivity contribution in [2.24, 2.45) is 0 Å². The highest BCUT2D eigenvalue weighted by Crippen LogP contribution is 2.52. The van der Waals surface area contributed by atoms with Gasteiger partial charge in [-0.2, -0.15) is 0 Å². The predicted octanol–water partition coefficient (Wildman–Crippen LogP) is 6.32. The Kier molecular flexibility index (Phi) is 4.45. The minimum atomic E-state index is -0.629. The van der Waals surface area contributed by atoms with Gasteiger partial charge in [-0.15, -0.1) is 0 Å². The second-order valence-electron chi connectivity index (χ2n) is 7.19.